The summed E-state index contributed by atoms with van der Waals surface area (Å²) in [6.07, 6.45) is 3.61. The van der Waals surface area contributed by atoms with Crippen LogP contribution in [-0.2, 0) is 0 Å². The molecule has 0 atom stereocenters. The quantitative estimate of drug-likeness (QED) is 0.472. The fourth-order valence-electron chi connectivity index (χ4n) is 2.66. The number of nitrogens with zero attached hydrogens (tertiary/aromatic N) is 1. The summed E-state index contributed by atoms with van der Waals surface area (Å²) in [6, 6.07) is 21.7. The molecular weight excluding hydrogens is 282 g/mol. The molecule has 0 amide bonds. The fraction of sp³-hybridized carbons (Fsp3) is 0.143. The van der Waals surface area contributed by atoms with Gasteiger partial charge in [-0.15, -0.1) is 0 Å². The zero-order valence-electron chi connectivity index (χ0n) is 13.2. The monoisotopic (exact) mass is 301 g/mol. The Morgan fingerprint density at radius 2 is 1.70 bits per heavy atom. The van der Waals surface area contributed by atoms with Crippen molar-refractivity contribution >= 4 is 22.3 Å². The number of rotatable bonds is 5. The number of pyridine rings is 1. The standard InChI is InChI=1S/C21H19NO/c1-2-8-18(16-9-4-3-5-10-16)15-21(23)20-14-13-17-11-6-7-12-19(17)22-20/h3-7,9-15H,2,8H2,1H3. The summed E-state index contributed by atoms with van der Waals surface area (Å²) in [7, 11) is 0. The van der Waals surface area contributed by atoms with Crippen molar-refractivity contribution < 1.29 is 4.79 Å². The second-order valence-electron chi connectivity index (χ2n) is 5.54. The summed E-state index contributed by atoms with van der Waals surface area (Å²) in [5.74, 6) is -0.0388. The van der Waals surface area contributed by atoms with E-state index in [1.807, 2.05) is 60.7 Å². The van der Waals surface area contributed by atoms with Crippen molar-refractivity contribution in [2.24, 2.45) is 0 Å². The fourth-order valence-corrected chi connectivity index (χ4v) is 2.66. The van der Waals surface area contributed by atoms with Gasteiger partial charge in [0.1, 0.15) is 5.69 Å². The third kappa shape index (κ3) is 3.54. The predicted molar refractivity (Wildman–Crippen MR) is 95.4 cm³/mol. The molecule has 3 aromatic rings. The van der Waals surface area contributed by atoms with Gasteiger partial charge >= 0.3 is 0 Å². The molecule has 0 aliphatic heterocycles. The number of allylic oxidation sites excluding steroid dienone is 2. The average Bonchev–Trinajstić information content (AvgIpc) is 2.61. The van der Waals surface area contributed by atoms with Crippen LogP contribution >= 0.6 is 0 Å². The lowest BCUT2D eigenvalue weighted by Gasteiger charge is -2.06. The van der Waals surface area contributed by atoms with Crippen LogP contribution in [0.1, 0.15) is 35.8 Å². The maximum Gasteiger partial charge on any atom is 0.204 e. The number of hydrogen-bond acceptors (Lipinski definition) is 2. The van der Waals surface area contributed by atoms with Gasteiger partial charge in [-0.3, -0.25) is 4.79 Å². The Morgan fingerprint density at radius 3 is 2.48 bits per heavy atom. The van der Waals surface area contributed by atoms with E-state index in [1.54, 1.807) is 12.1 Å². The molecule has 0 fully saturated rings. The molecule has 0 aliphatic carbocycles. The van der Waals surface area contributed by atoms with E-state index in [2.05, 4.69) is 11.9 Å². The van der Waals surface area contributed by atoms with Crippen molar-refractivity contribution in [2.75, 3.05) is 0 Å². The lowest BCUT2D eigenvalue weighted by atomic mass is 9.99. The molecule has 0 saturated heterocycles. The number of para-hydroxylation sites is 1. The smallest absolute Gasteiger partial charge is 0.204 e. The van der Waals surface area contributed by atoms with Gasteiger partial charge in [-0.2, -0.15) is 0 Å². The first-order valence-electron chi connectivity index (χ1n) is 7.94. The van der Waals surface area contributed by atoms with Crippen molar-refractivity contribution in [2.45, 2.75) is 19.8 Å². The number of fused-ring (bicyclic) bond motifs is 1. The molecule has 0 bridgehead atoms. The zero-order chi connectivity index (χ0) is 16.1. The van der Waals surface area contributed by atoms with Crippen LogP contribution in [0.25, 0.3) is 16.5 Å². The molecular formula is C21H19NO. The SMILES string of the molecule is CCCC(=CC(=O)c1ccc2ccccc2n1)c1ccccc1. The van der Waals surface area contributed by atoms with Gasteiger partial charge in [0.2, 0.25) is 5.78 Å². The van der Waals surface area contributed by atoms with Gasteiger partial charge in [0.25, 0.3) is 0 Å². The minimum absolute atomic E-state index is 0.0388. The number of hydrogen-bond donors (Lipinski definition) is 0. The molecule has 1 heterocycles. The minimum Gasteiger partial charge on any atom is -0.288 e. The largest absolute Gasteiger partial charge is 0.288 e. The topological polar surface area (TPSA) is 30.0 Å². The lowest BCUT2D eigenvalue weighted by Crippen LogP contribution is -2.00. The van der Waals surface area contributed by atoms with E-state index in [0.717, 1.165) is 34.9 Å². The molecule has 0 spiro atoms. The molecule has 3 rings (SSSR count). The number of carbonyl (C=O) groups excluding carboxylic acids is 1. The van der Waals surface area contributed by atoms with Gasteiger partial charge in [0.05, 0.1) is 5.52 Å². The molecule has 0 radical (unpaired) electrons. The number of ketones is 1. The zero-order valence-corrected chi connectivity index (χ0v) is 13.2. The van der Waals surface area contributed by atoms with Gasteiger partial charge < -0.3 is 0 Å². The molecule has 0 N–H and O–H groups in total. The van der Waals surface area contributed by atoms with E-state index in [0.29, 0.717) is 5.69 Å². The van der Waals surface area contributed by atoms with Gasteiger partial charge in [-0.1, -0.05) is 67.9 Å². The molecule has 1 aromatic heterocycles. The van der Waals surface area contributed by atoms with Crippen molar-refractivity contribution in [3.05, 3.63) is 84.1 Å². The summed E-state index contributed by atoms with van der Waals surface area (Å²) in [4.78, 5) is 17.1. The third-order valence-corrected chi connectivity index (χ3v) is 3.82. The first-order chi connectivity index (χ1) is 11.3. The van der Waals surface area contributed by atoms with Crippen LogP contribution in [0.4, 0.5) is 0 Å². The van der Waals surface area contributed by atoms with E-state index in [4.69, 9.17) is 0 Å². The van der Waals surface area contributed by atoms with Gasteiger partial charge in [-0.05, 0) is 35.8 Å². The predicted octanol–water partition coefficient (Wildman–Crippen LogP) is 5.30. The number of carbonyl (C=O) groups is 1. The highest BCUT2D eigenvalue weighted by Crippen LogP contribution is 2.21. The summed E-state index contributed by atoms with van der Waals surface area (Å²) in [6.45, 7) is 2.12. The van der Waals surface area contributed by atoms with Gasteiger partial charge in [0, 0.05) is 5.39 Å². The Balaban J connectivity index is 1.96. The molecule has 0 aliphatic rings. The van der Waals surface area contributed by atoms with Crippen LogP contribution in [0, 0.1) is 0 Å². The summed E-state index contributed by atoms with van der Waals surface area (Å²) in [5, 5.41) is 1.05. The summed E-state index contributed by atoms with van der Waals surface area (Å²) in [5.41, 5.74) is 3.51. The van der Waals surface area contributed by atoms with Crippen molar-refractivity contribution in [3.63, 3.8) is 0 Å². The molecule has 0 unspecified atom stereocenters. The molecule has 2 nitrogen and oxygen atoms in total. The molecule has 2 aromatic carbocycles. The lowest BCUT2D eigenvalue weighted by molar-refractivity contribution is 0.104. The Bertz CT molecular complexity index is 850. The third-order valence-electron chi connectivity index (χ3n) is 3.82. The summed E-state index contributed by atoms with van der Waals surface area (Å²) < 4.78 is 0. The van der Waals surface area contributed by atoms with Crippen LogP contribution in [-0.4, -0.2) is 10.8 Å². The van der Waals surface area contributed by atoms with Crippen molar-refractivity contribution in [1.29, 1.82) is 0 Å². The Labute approximate surface area is 136 Å². The number of aromatic nitrogens is 1. The highest BCUT2D eigenvalue weighted by molar-refractivity contribution is 6.08. The van der Waals surface area contributed by atoms with Crippen LogP contribution in [0.15, 0.2) is 72.8 Å². The minimum atomic E-state index is -0.0388. The van der Waals surface area contributed by atoms with E-state index >= 15 is 0 Å². The molecule has 0 saturated carbocycles. The van der Waals surface area contributed by atoms with Crippen LogP contribution < -0.4 is 0 Å². The first-order valence-corrected chi connectivity index (χ1v) is 7.94. The van der Waals surface area contributed by atoms with E-state index in [9.17, 15) is 4.79 Å². The highest BCUT2D eigenvalue weighted by Gasteiger charge is 2.09. The highest BCUT2D eigenvalue weighted by atomic mass is 16.1. The van der Waals surface area contributed by atoms with Crippen LogP contribution in [0.3, 0.4) is 0 Å². The molecule has 2 heteroatoms. The van der Waals surface area contributed by atoms with Crippen molar-refractivity contribution in [3.8, 4) is 0 Å². The second-order valence-corrected chi connectivity index (χ2v) is 5.54. The Morgan fingerprint density at radius 1 is 0.957 bits per heavy atom. The van der Waals surface area contributed by atoms with Crippen LogP contribution in [0.5, 0.6) is 0 Å². The maximum absolute atomic E-state index is 12.6. The Kier molecular flexibility index (Phi) is 4.62. The van der Waals surface area contributed by atoms with E-state index < -0.39 is 0 Å². The van der Waals surface area contributed by atoms with Crippen LogP contribution in [0.2, 0.25) is 0 Å². The van der Waals surface area contributed by atoms with Gasteiger partial charge in [0.15, 0.2) is 0 Å². The molecule has 23 heavy (non-hydrogen) atoms. The normalized spacial score (nSPS) is 11.6. The second kappa shape index (κ2) is 7.01. The maximum atomic E-state index is 12.6. The van der Waals surface area contributed by atoms with E-state index in [-0.39, 0.29) is 5.78 Å². The average molecular weight is 301 g/mol. The summed E-state index contributed by atoms with van der Waals surface area (Å²) >= 11 is 0. The first kappa shape index (κ1) is 15.2. The van der Waals surface area contributed by atoms with E-state index in [1.165, 1.54) is 0 Å². The number of benzene rings is 2. The Hall–Kier alpha value is -2.74. The van der Waals surface area contributed by atoms with Gasteiger partial charge in [-0.25, -0.2) is 4.98 Å². The van der Waals surface area contributed by atoms with Crippen molar-refractivity contribution in [1.82, 2.24) is 4.98 Å². The molecule has 114 valence electrons.